The highest BCUT2D eigenvalue weighted by Crippen LogP contribution is 2.23. The molecule has 0 fully saturated rings. The van der Waals surface area contributed by atoms with E-state index in [1.165, 1.54) is 21.1 Å². The van der Waals surface area contributed by atoms with E-state index < -0.39 is 10.0 Å². The first-order valence-corrected chi connectivity index (χ1v) is 12.5. The Morgan fingerprint density at radius 2 is 1.69 bits per heavy atom. The first-order valence-electron chi connectivity index (χ1n) is 10.1. The van der Waals surface area contributed by atoms with Crippen LogP contribution in [0.3, 0.4) is 0 Å². The Balaban J connectivity index is 1.60. The molecule has 3 rings (SSSR count). The van der Waals surface area contributed by atoms with E-state index in [-0.39, 0.29) is 16.6 Å². The zero-order valence-electron chi connectivity index (χ0n) is 18.1. The van der Waals surface area contributed by atoms with Gasteiger partial charge in [-0.2, -0.15) is 4.31 Å². The second-order valence-corrected chi connectivity index (χ2v) is 9.87. The van der Waals surface area contributed by atoms with Gasteiger partial charge in [-0.1, -0.05) is 55.4 Å². The summed E-state index contributed by atoms with van der Waals surface area (Å²) in [6, 6.07) is 13.9. The predicted molar refractivity (Wildman–Crippen MR) is 126 cm³/mol. The number of nitrogen functional groups attached to an aromatic ring is 1. The van der Waals surface area contributed by atoms with Crippen molar-refractivity contribution < 1.29 is 13.2 Å². The Bertz CT molecular complexity index is 1170. The lowest BCUT2D eigenvalue weighted by molar-refractivity contribution is -0.113. The number of thioether (sulfide) groups is 1. The molecular weight excluding hydrogens is 448 g/mol. The van der Waals surface area contributed by atoms with Crippen LogP contribution in [0.15, 0.2) is 58.6 Å². The van der Waals surface area contributed by atoms with Gasteiger partial charge in [0.15, 0.2) is 5.82 Å². The number of hydrogen-bond acceptors (Lipinski definition) is 7. The number of hydrogen-bond donors (Lipinski definition) is 2. The van der Waals surface area contributed by atoms with Crippen LogP contribution in [0.25, 0.3) is 11.4 Å². The first kappa shape index (κ1) is 23.8. The van der Waals surface area contributed by atoms with E-state index >= 15 is 0 Å². The van der Waals surface area contributed by atoms with Gasteiger partial charge in [0, 0.05) is 24.3 Å². The smallest absolute Gasteiger partial charge is 0.243 e. The molecule has 0 spiro atoms. The number of rotatable bonds is 9. The van der Waals surface area contributed by atoms with Gasteiger partial charge in [-0.15, -0.1) is 10.2 Å². The van der Waals surface area contributed by atoms with E-state index in [1.807, 2.05) is 31.2 Å². The second-order valence-electron chi connectivity index (χ2n) is 6.99. The van der Waals surface area contributed by atoms with Crippen LogP contribution in [0.4, 0.5) is 5.69 Å². The van der Waals surface area contributed by atoms with Crippen LogP contribution in [-0.4, -0.2) is 52.3 Å². The van der Waals surface area contributed by atoms with E-state index in [2.05, 4.69) is 15.5 Å². The van der Waals surface area contributed by atoms with Crippen LogP contribution >= 0.6 is 11.8 Å². The number of nitrogens with one attached hydrogen (secondary N) is 1. The zero-order chi connectivity index (χ0) is 23.3. The van der Waals surface area contributed by atoms with Crippen LogP contribution in [0, 0.1) is 6.92 Å². The number of carbonyl (C=O) groups is 1. The lowest BCUT2D eigenvalue weighted by Gasteiger charge is -2.18. The lowest BCUT2D eigenvalue weighted by Crippen LogP contribution is -2.30. The number of nitrogens with zero attached hydrogens (tertiary/aromatic N) is 4. The normalized spacial score (nSPS) is 11.6. The van der Waals surface area contributed by atoms with Gasteiger partial charge in [-0.25, -0.2) is 13.1 Å². The highest BCUT2D eigenvalue weighted by atomic mass is 32.2. The summed E-state index contributed by atoms with van der Waals surface area (Å²) in [6.07, 6.45) is 0. The maximum Gasteiger partial charge on any atom is 0.243 e. The highest BCUT2D eigenvalue weighted by Gasteiger charge is 2.21. The molecule has 0 unspecified atom stereocenters. The van der Waals surface area contributed by atoms with Gasteiger partial charge >= 0.3 is 0 Å². The molecule has 3 N–H and O–H groups in total. The minimum Gasteiger partial charge on any atom is -0.335 e. The van der Waals surface area contributed by atoms with Gasteiger partial charge < -0.3 is 11.2 Å². The summed E-state index contributed by atoms with van der Waals surface area (Å²) >= 11 is 1.16. The summed E-state index contributed by atoms with van der Waals surface area (Å²) in [6.45, 7) is 6.37. The fourth-order valence-corrected chi connectivity index (χ4v) is 5.14. The third-order valence-electron chi connectivity index (χ3n) is 4.79. The number of aryl methyl sites for hydroxylation is 1. The predicted octanol–water partition coefficient (Wildman–Crippen LogP) is 2.73. The van der Waals surface area contributed by atoms with Crippen molar-refractivity contribution in [3.63, 3.8) is 0 Å². The second kappa shape index (κ2) is 10.2. The van der Waals surface area contributed by atoms with Gasteiger partial charge in [-0.05, 0) is 31.2 Å². The van der Waals surface area contributed by atoms with E-state index in [0.717, 1.165) is 22.9 Å². The minimum atomic E-state index is -3.54. The summed E-state index contributed by atoms with van der Waals surface area (Å²) in [5.74, 6) is 6.41. The molecule has 0 aliphatic rings. The van der Waals surface area contributed by atoms with Crippen LogP contribution < -0.4 is 11.2 Å². The lowest BCUT2D eigenvalue weighted by atomic mass is 10.1. The molecule has 0 atom stereocenters. The van der Waals surface area contributed by atoms with Gasteiger partial charge in [0.25, 0.3) is 0 Å². The van der Waals surface area contributed by atoms with Crippen molar-refractivity contribution in [1.29, 1.82) is 0 Å². The number of anilines is 1. The van der Waals surface area contributed by atoms with Crippen molar-refractivity contribution in [1.82, 2.24) is 19.2 Å². The standard InChI is InChI=1S/C21H26N6O3S2/c1-4-26(5-2)32(29,30)18-12-10-17(11-13-18)23-19(28)14-31-21-25-24-20(27(21)22)16-8-6-15(3)7-9-16/h6-13H,4-5,14,22H2,1-3H3,(H,23,28). The van der Waals surface area contributed by atoms with Gasteiger partial charge in [0.2, 0.25) is 21.1 Å². The maximum absolute atomic E-state index is 12.5. The van der Waals surface area contributed by atoms with Crippen molar-refractivity contribution >= 4 is 33.4 Å². The molecular formula is C21H26N6O3S2. The fraction of sp³-hybridized carbons (Fsp3) is 0.286. The Hall–Kier alpha value is -2.89. The van der Waals surface area contributed by atoms with E-state index in [0.29, 0.717) is 29.8 Å². The van der Waals surface area contributed by atoms with Crippen LogP contribution in [0.5, 0.6) is 0 Å². The summed E-state index contributed by atoms with van der Waals surface area (Å²) in [7, 11) is -3.54. The first-order chi connectivity index (χ1) is 15.3. The van der Waals surface area contributed by atoms with E-state index in [4.69, 9.17) is 5.84 Å². The molecule has 0 radical (unpaired) electrons. The average molecular weight is 475 g/mol. The number of benzene rings is 2. The Kier molecular flexibility index (Phi) is 7.54. The van der Waals surface area contributed by atoms with Crippen molar-refractivity contribution in [2.45, 2.75) is 30.8 Å². The highest BCUT2D eigenvalue weighted by molar-refractivity contribution is 7.99. The number of sulfonamides is 1. The molecule has 0 bridgehead atoms. The summed E-state index contributed by atoms with van der Waals surface area (Å²) < 4.78 is 27.8. The molecule has 170 valence electrons. The van der Waals surface area contributed by atoms with Crippen molar-refractivity contribution in [2.24, 2.45) is 0 Å². The SMILES string of the molecule is CCN(CC)S(=O)(=O)c1ccc(NC(=O)CSc2nnc(-c3ccc(C)cc3)n2N)cc1. The monoisotopic (exact) mass is 474 g/mol. The molecule has 1 aromatic heterocycles. The Labute approximate surface area is 192 Å². The molecule has 0 saturated carbocycles. The zero-order valence-corrected chi connectivity index (χ0v) is 19.8. The van der Waals surface area contributed by atoms with Crippen LogP contribution in [0.1, 0.15) is 19.4 Å². The van der Waals surface area contributed by atoms with Crippen molar-refractivity contribution in [3.05, 3.63) is 54.1 Å². The van der Waals surface area contributed by atoms with E-state index in [1.54, 1.807) is 26.0 Å². The van der Waals surface area contributed by atoms with Gasteiger partial charge in [-0.3, -0.25) is 4.79 Å². The summed E-state index contributed by atoms with van der Waals surface area (Å²) in [5.41, 5.74) is 2.46. The number of aromatic nitrogens is 3. The number of carbonyl (C=O) groups excluding carboxylic acids is 1. The number of amides is 1. The third kappa shape index (κ3) is 5.29. The molecule has 32 heavy (non-hydrogen) atoms. The van der Waals surface area contributed by atoms with Gasteiger partial charge in [0.1, 0.15) is 0 Å². The Morgan fingerprint density at radius 3 is 2.28 bits per heavy atom. The Morgan fingerprint density at radius 1 is 1.06 bits per heavy atom. The molecule has 1 amide bonds. The maximum atomic E-state index is 12.5. The molecule has 0 aliphatic heterocycles. The molecule has 11 heteroatoms. The topological polar surface area (TPSA) is 123 Å². The van der Waals surface area contributed by atoms with Crippen molar-refractivity contribution in [3.8, 4) is 11.4 Å². The summed E-state index contributed by atoms with van der Waals surface area (Å²) in [5, 5.41) is 11.3. The van der Waals surface area contributed by atoms with Crippen LogP contribution in [0.2, 0.25) is 0 Å². The molecule has 0 aliphatic carbocycles. The molecule has 9 nitrogen and oxygen atoms in total. The molecule has 0 saturated heterocycles. The van der Waals surface area contributed by atoms with E-state index in [9.17, 15) is 13.2 Å². The number of nitrogens with two attached hydrogens (primary N) is 1. The molecule has 1 heterocycles. The summed E-state index contributed by atoms with van der Waals surface area (Å²) in [4.78, 5) is 12.5. The third-order valence-corrected chi connectivity index (χ3v) is 7.80. The largest absolute Gasteiger partial charge is 0.335 e. The fourth-order valence-electron chi connectivity index (χ4n) is 3.02. The van der Waals surface area contributed by atoms with Crippen LogP contribution in [-0.2, 0) is 14.8 Å². The molecule has 3 aromatic rings. The van der Waals surface area contributed by atoms with Gasteiger partial charge in [0.05, 0.1) is 10.6 Å². The van der Waals surface area contributed by atoms with Crippen molar-refractivity contribution in [2.75, 3.05) is 30.0 Å². The average Bonchev–Trinajstić information content (AvgIpc) is 3.14. The molecule has 2 aromatic carbocycles. The quantitative estimate of drug-likeness (QED) is 0.361. The minimum absolute atomic E-state index is 0.0722.